The Balaban J connectivity index is 1.83. The molecule has 1 fully saturated rings. The lowest BCUT2D eigenvalue weighted by Crippen LogP contribution is -2.61. The standard InChI is InChI=1S/C30H30O4/c1-28(2)26(27(31)32)18-19-29(3,34-28)30(33,24-16-8-12-20-10-4-6-14-22(20)24)25-17-9-13-21-11-5-7-15-23(21)25/h4-17,26,33H,18-19H2,1-3H3,(H,31,32)/t26-,29-/m1/s1. The summed E-state index contributed by atoms with van der Waals surface area (Å²) in [4.78, 5) is 12.0. The molecule has 1 aliphatic rings. The Morgan fingerprint density at radius 3 is 1.76 bits per heavy atom. The highest BCUT2D eigenvalue weighted by Crippen LogP contribution is 2.53. The zero-order valence-electron chi connectivity index (χ0n) is 19.8. The summed E-state index contributed by atoms with van der Waals surface area (Å²) in [5.74, 6) is -1.52. The molecule has 0 radical (unpaired) electrons. The van der Waals surface area contributed by atoms with Gasteiger partial charge in [-0.15, -0.1) is 0 Å². The first-order chi connectivity index (χ1) is 16.2. The second kappa shape index (κ2) is 7.93. The van der Waals surface area contributed by atoms with Gasteiger partial charge in [0.05, 0.1) is 11.5 Å². The number of aliphatic hydroxyl groups is 1. The van der Waals surface area contributed by atoms with Crippen molar-refractivity contribution in [1.29, 1.82) is 0 Å². The largest absolute Gasteiger partial charge is 0.481 e. The van der Waals surface area contributed by atoms with E-state index in [9.17, 15) is 15.0 Å². The molecule has 0 saturated carbocycles. The van der Waals surface area contributed by atoms with E-state index in [-0.39, 0.29) is 0 Å². The maximum Gasteiger partial charge on any atom is 0.309 e. The molecule has 1 saturated heterocycles. The van der Waals surface area contributed by atoms with Crippen LogP contribution in [0, 0.1) is 5.92 Å². The van der Waals surface area contributed by atoms with Crippen molar-refractivity contribution in [3.8, 4) is 0 Å². The van der Waals surface area contributed by atoms with Crippen LogP contribution in [0.5, 0.6) is 0 Å². The maximum atomic E-state index is 13.0. The van der Waals surface area contributed by atoms with Gasteiger partial charge >= 0.3 is 5.97 Å². The monoisotopic (exact) mass is 454 g/mol. The molecule has 0 spiro atoms. The average Bonchev–Trinajstić information content (AvgIpc) is 2.82. The topological polar surface area (TPSA) is 66.8 Å². The van der Waals surface area contributed by atoms with Crippen LogP contribution in [0.2, 0.25) is 0 Å². The van der Waals surface area contributed by atoms with Crippen LogP contribution in [-0.2, 0) is 15.1 Å². The molecule has 4 aromatic carbocycles. The van der Waals surface area contributed by atoms with E-state index in [4.69, 9.17) is 4.74 Å². The molecule has 0 unspecified atom stereocenters. The van der Waals surface area contributed by atoms with Gasteiger partial charge < -0.3 is 14.9 Å². The molecule has 0 bridgehead atoms. The highest BCUT2D eigenvalue weighted by atomic mass is 16.5. The normalized spacial score (nSPS) is 22.6. The summed E-state index contributed by atoms with van der Waals surface area (Å²) < 4.78 is 6.68. The van der Waals surface area contributed by atoms with E-state index in [2.05, 4.69) is 0 Å². The quantitative estimate of drug-likeness (QED) is 0.381. The number of carboxylic acids is 1. The first kappa shape index (κ1) is 22.6. The van der Waals surface area contributed by atoms with Gasteiger partial charge in [-0.3, -0.25) is 4.79 Å². The zero-order chi connectivity index (χ0) is 24.1. The summed E-state index contributed by atoms with van der Waals surface area (Å²) in [5.41, 5.74) is -2.04. The zero-order valence-corrected chi connectivity index (χ0v) is 19.8. The Hall–Kier alpha value is -3.21. The molecule has 34 heavy (non-hydrogen) atoms. The Morgan fingerprint density at radius 1 is 0.824 bits per heavy atom. The van der Waals surface area contributed by atoms with Gasteiger partial charge in [0, 0.05) is 0 Å². The summed E-state index contributed by atoms with van der Waals surface area (Å²) in [6.07, 6.45) is 0.813. The predicted octanol–water partition coefficient (Wildman–Crippen LogP) is 6.28. The molecule has 174 valence electrons. The second-order valence-electron chi connectivity index (χ2n) is 10.1. The van der Waals surface area contributed by atoms with Crippen LogP contribution in [0.25, 0.3) is 21.5 Å². The minimum absolute atomic E-state index is 0.399. The number of aliphatic carboxylic acids is 1. The minimum Gasteiger partial charge on any atom is -0.481 e. The summed E-state index contributed by atoms with van der Waals surface area (Å²) in [7, 11) is 0. The molecule has 5 rings (SSSR count). The third-order valence-corrected chi connectivity index (χ3v) is 7.66. The third kappa shape index (κ3) is 3.32. The molecule has 4 nitrogen and oxygen atoms in total. The lowest BCUT2D eigenvalue weighted by molar-refractivity contribution is -0.256. The first-order valence-electron chi connectivity index (χ1n) is 11.8. The average molecular weight is 455 g/mol. The number of fused-ring (bicyclic) bond motifs is 2. The van der Waals surface area contributed by atoms with Crippen molar-refractivity contribution in [3.05, 3.63) is 96.1 Å². The van der Waals surface area contributed by atoms with Crippen LogP contribution in [0.15, 0.2) is 84.9 Å². The highest BCUT2D eigenvalue weighted by molar-refractivity contribution is 5.91. The fourth-order valence-electron chi connectivity index (χ4n) is 5.94. The number of ether oxygens (including phenoxy) is 1. The fourth-order valence-corrected chi connectivity index (χ4v) is 5.94. The van der Waals surface area contributed by atoms with Crippen LogP contribution in [0.4, 0.5) is 0 Å². The Bertz CT molecular complexity index is 1300. The number of hydrogen-bond donors (Lipinski definition) is 2. The SMILES string of the molecule is CC1(C)O[C@@](C)(C(O)(c2cccc3ccccc23)c2cccc3ccccc23)CC[C@@H]1C(=O)O. The van der Waals surface area contributed by atoms with Gasteiger partial charge in [-0.25, -0.2) is 0 Å². The van der Waals surface area contributed by atoms with Crippen molar-refractivity contribution in [3.63, 3.8) is 0 Å². The van der Waals surface area contributed by atoms with Crippen molar-refractivity contribution in [2.75, 3.05) is 0 Å². The van der Waals surface area contributed by atoms with Crippen LogP contribution >= 0.6 is 0 Å². The van der Waals surface area contributed by atoms with Gasteiger partial charge in [-0.2, -0.15) is 0 Å². The lowest BCUT2D eigenvalue weighted by Gasteiger charge is -2.54. The predicted molar refractivity (Wildman–Crippen MR) is 135 cm³/mol. The van der Waals surface area contributed by atoms with Gasteiger partial charge in [-0.05, 0) is 66.3 Å². The summed E-state index contributed by atoms with van der Waals surface area (Å²) >= 11 is 0. The first-order valence-corrected chi connectivity index (χ1v) is 11.8. The van der Waals surface area contributed by atoms with Crippen molar-refractivity contribution < 1.29 is 19.7 Å². The minimum atomic E-state index is -1.53. The van der Waals surface area contributed by atoms with Gasteiger partial charge in [0.15, 0.2) is 0 Å². The molecular weight excluding hydrogens is 424 g/mol. The van der Waals surface area contributed by atoms with E-state index < -0.39 is 28.7 Å². The Morgan fingerprint density at radius 2 is 1.29 bits per heavy atom. The van der Waals surface area contributed by atoms with E-state index in [0.29, 0.717) is 12.8 Å². The van der Waals surface area contributed by atoms with Crippen molar-refractivity contribution in [1.82, 2.24) is 0 Å². The smallest absolute Gasteiger partial charge is 0.309 e. The number of carbonyl (C=O) groups is 1. The van der Waals surface area contributed by atoms with E-state index in [0.717, 1.165) is 32.7 Å². The number of hydrogen-bond acceptors (Lipinski definition) is 3. The van der Waals surface area contributed by atoms with Crippen LogP contribution < -0.4 is 0 Å². The molecule has 0 aromatic heterocycles. The maximum absolute atomic E-state index is 13.0. The molecule has 1 heterocycles. The summed E-state index contributed by atoms with van der Waals surface area (Å²) in [5, 5.41) is 26.8. The molecule has 4 heteroatoms. The van der Waals surface area contributed by atoms with E-state index in [1.165, 1.54) is 0 Å². The Kier molecular flexibility index (Phi) is 5.27. The van der Waals surface area contributed by atoms with Crippen molar-refractivity contribution >= 4 is 27.5 Å². The highest BCUT2D eigenvalue weighted by Gasteiger charge is 2.58. The Labute approximate surface area is 199 Å². The molecule has 2 N–H and O–H groups in total. The van der Waals surface area contributed by atoms with E-state index in [1.807, 2.05) is 106 Å². The van der Waals surface area contributed by atoms with Crippen LogP contribution in [-0.4, -0.2) is 27.4 Å². The number of carboxylic acid groups (broad SMARTS) is 1. The van der Waals surface area contributed by atoms with E-state index >= 15 is 0 Å². The summed E-state index contributed by atoms with van der Waals surface area (Å²) in [6.45, 7) is 5.56. The van der Waals surface area contributed by atoms with E-state index in [1.54, 1.807) is 0 Å². The van der Waals surface area contributed by atoms with Gasteiger partial charge in [0.1, 0.15) is 11.2 Å². The second-order valence-corrected chi connectivity index (χ2v) is 10.1. The van der Waals surface area contributed by atoms with Gasteiger partial charge in [0.2, 0.25) is 0 Å². The molecule has 0 aliphatic carbocycles. The molecule has 1 aliphatic heterocycles. The van der Waals surface area contributed by atoms with Crippen molar-refractivity contribution in [2.45, 2.75) is 50.4 Å². The molecule has 4 aromatic rings. The molecular formula is C30H30O4. The molecule has 0 amide bonds. The van der Waals surface area contributed by atoms with Gasteiger partial charge in [-0.1, -0.05) is 84.9 Å². The number of rotatable bonds is 4. The summed E-state index contributed by atoms with van der Waals surface area (Å²) in [6, 6.07) is 28.0. The van der Waals surface area contributed by atoms with Gasteiger partial charge in [0.25, 0.3) is 0 Å². The number of benzene rings is 4. The fraction of sp³-hybridized carbons (Fsp3) is 0.300. The lowest BCUT2D eigenvalue weighted by atomic mass is 9.66. The third-order valence-electron chi connectivity index (χ3n) is 7.66. The van der Waals surface area contributed by atoms with Crippen LogP contribution in [0.3, 0.4) is 0 Å². The molecule has 2 atom stereocenters. The van der Waals surface area contributed by atoms with Crippen LogP contribution in [0.1, 0.15) is 44.7 Å². The van der Waals surface area contributed by atoms with Crippen molar-refractivity contribution in [2.24, 2.45) is 5.92 Å².